The molecular weight excluding hydrogens is 298 g/mol. The van der Waals surface area contributed by atoms with Crippen molar-refractivity contribution in [3.63, 3.8) is 0 Å². The molecule has 2 rings (SSSR count). The van der Waals surface area contributed by atoms with E-state index < -0.39 is 6.10 Å². The number of rotatable bonds is 4. The highest BCUT2D eigenvalue weighted by atomic mass is 35.5. The molecule has 0 saturated heterocycles. The van der Waals surface area contributed by atoms with E-state index in [0.29, 0.717) is 10.8 Å². The monoisotopic (exact) mass is 317 g/mol. The molecule has 0 fully saturated rings. The van der Waals surface area contributed by atoms with Crippen molar-refractivity contribution in [2.75, 3.05) is 5.32 Å². The summed E-state index contributed by atoms with van der Waals surface area (Å²) in [6.45, 7) is 7.57. The second kappa shape index (κ2) is 6.84. The minimum absolute atomic E-state index is 0.176. The van der Waals surface area contributed by atoms with Gasteiger partial charge in [0.1, 0.15) is 5.75 Å². The topological polar surface area (TPSA) is 38.3 Å². The summed E-state index contributed by atoms with van der Waals surface area (Å²) in [7, 11) is 0. The van der Waals surface area contributed by atoms with Crippen molar-refractivity contribution in [2.24, 2.45) is 0 Å². The van der Waals surface area contributed by atoms with Gasteiger partial charge in [-0.05, 0) is 62.6 Å². The summed E-state index contributed by atoms with van der Waals surface area (Å²) < 4.78 is 5.69. The fraction of sp³-hybridized carbons (Fsp3) is 0.278. The molecule has 0 aliphatic carbocycles. The summed E-state index contributed by atoms with van der Waals surface area (Å²) in [6, 6.07) is 11.3. The van der Waals surface area contributed by atoms with Gasteiger partial charge in [0.25, 0.3) is 5.91 Å². The Morgan fingerprint density at radius 2 is 1.73 bits per heavy atom. The van der Waals surface area contributed by atoms with E-state index in [1.54, 1.807) is 19.1 Å². The Bertz CT molecular complexity index is 677. The van der Waals surface area contributed by atoms with Crippen molar-refractivity contribution in [2.45, 2.75) is 33.8 Å². The van der Waals surface area contributed by atoms with Crippen LogP contribution in [0.4, 0.5) is 5.69 Å². The van der Waals surface area contributed by atoms with E-state index in [1.165, 1.54) is 0 Å². The summed E-state index contributed by atoms with van der Waals surface area (Å²) in [6.07, 6.45) is -0.598. The van der Waals surface area contributed by atoms with Crippen LogP contribution in [0.2, 0.25) is 5.02 Å². The molecule has 3 nitrogen and oxygen atoms in total. The summed E-state index contributed by atoms with van der Waals surface area (Å²) in [4.78, 5) is 12.3. The molecule has 0 aliphatic rings. The van der Waals surface area contributed by atoms with E-state index in [9.17, 15) is 4.79 Å². The maximum Gasteiger partial charge on any atom is 0.265 e. The van der Waals surface area contributed by atoms with Gasteiger partial charge in [-0.25, -0.2) is 0 Å². The van der Waals surface area contributed by atoms with Crippen LogP contribution in [0.25, 0.3) is 0 Å². The lowest BCUT2D eigenvalue weighted by Crippen LogP contribution is -2.30. The third-order valence-corrected chi connectivity index (χ3v) is 3.96. The van der Waals surface area contributed by atoms with Gasteiger partial charge in [0, 0.05) is 10.7 Å². The van der Waals surface area contributed by atoms with Crippen LogP contribution in [0, 0.1) is 20.8 Å². The Hall–Kier alpha value is -2.00. The number of amides is 1. The van der Waals surface area contributed by atoms with Gasteiger partial charge in [0.2, 0.25) is 0 Å². The average Bonchev–Trinajstić information content (AvgIpc) is 2.46. The number of hydrogen-bond donors (Lipinski definition) is 1. The van der Waals surface area contributed by atoms with Gasteiger partial charge < -0.3 is 10.1 Å². The molecule has 1 atom stereocenters. The van der Waals surface area contributed by atoms with Crippen molar-refractivity contribution >= 4 is 23.2 Å². The maximum atomic E-state index is 12.3. The fourth-order valence-electron chi connectivity index (χ4n) is 2.18. The number of nitrogens with one attached hydrogen (secondary N) is 1. The van der Waals surface area contributed by atoms with Crippen LogP contribution >= 0.6 is 11.6 Å². The zero-order chi connectivity index (χ0) is 16.3. The Labute approximate surface area is 136 Å². The van der Waals surface area contributed by atoms with Gasteiger partial charge in [-0.15, -0.1) is 0 Å². The Morgan fingerprint density at radius 3 is 2.32 bits per heavy atom. The highest BCUT2D eigenvalue weighted by Gasteiger charge is 2.16. The number of aryl methyl sites for hydroxylation is 3. The second-order valence-electron chi connectivity index (χ2n) is 5.43. The molecule has 0 aliphatic heterocycles. The number of benzene rings is 2. The number of carbonyl (C=O) groups is 1. The van der Waals surface area contributed by atoms with Gasteiger partial charge in [-0.3, -0.25) is 4.79 Å². The average molecular weight is 318 g/mol. The van der Waals surface area contributed by atoms with E-state index in [0.717, 1.165) is 22.4 Å². The van der Waals surface area contributed by atoms with Crippen LogP contribution < -0.4 is 10.1 Å². The van der Waals surface area contributed by atoms with E-state index in [4.69, 9.17) is 16.3 Å². The van der Waals surface area contributed by atoms with Gasteiger partial charge in [-0.1, -0.05) is 29.8 Å². The third kappa shape index (κ3) is 3.80. The molecule has 4 heteroatoms. The second-order valence-corrected chi connectivity index (χ2v) is 5.83. The summed E-state index contributed by atoms with van der Waals surface area (Å²) in [5.74, 6) is 0.455. The molecule has 0 heterocycles. The lowest BCUT2D eigenvalue weighted by atomic mass is 10.1. The van der Waals surface area contributed by atoms with E-state index in [-0.39, 0.29) is 5.91 Å². The van der Waals surface area contributed by atoms with E-state index in [1.807, 2.05) is 45.0 Å². The largest absolute Gasteiger partial charge is 0.481 e. The number of ether oxygens (including phenoxy) is 1. The normalized spacial score (nSPS) is 11.9. The first-order valence-electron chi connectivity index (χ1n) is 7.18. The van der Waals surface area contributed by atoms with E-state index in [2.05, 4.69) is 5.32 Å². The molecule has 0 radical (unpaired) electrons. The first kappa shape index (κ1) is 16.4. The highest BCUT2D eigenvalue weighted by molar-refractivity contribution is 6.31. The lowest BCUT2D eigenvalue weighted by molar-refractivity contribution is -0.122. The Kier molecular flexibility index (Phi) is 5.09. The van der Waals surface area contributed by atoms with Gasteiger partial charge in [0.15, 0.2) is 6.10 Å². The van der Waals surface area contributed by atoms with Crippen molar-refractivity contribution in [1.29, 1.82) is 0 Å². The van der Waals surface area contributed by atoms with Crippen LogP contribution in [0.15, 0.2) is 36.4 Å². The Balaban J connectivity index is 2.07. The molecule has 0 aromatic heterocycles. The SMILES string of the molecule is Cc1cc(O[C@@H](C)C(=O)Nc2c(C)cccc2C)ccc1Cl. The first-order valence-corrected chi connectivity index (χ1v) is 7.56. The number of carbonyl (C=O) groups excluding carboxylic acids is 1. The number of halogens is 1. The van der Waals surface area contributed by atoms with E-state index >= 15 is 0 Å². The predicted molar refractivity (Wildman–Crippen MR) is 90.8 cm³/mol. The maximum absolute atomic E-state index is 12.3. The predicted octanol–water partition coefficient (Wildman–Crippen LogP) is 4.67. The molecule has 1 amide bonds. The molecule has 0 spiro atoms. The van der Waals surface area contributed by atoms with Gasteiger partial charge >= 0.3 is 0 Å². The summed E-state index contributed by atoms with van der Waals surface area (Å²) >= 11 is 5.99. The van der Waals surface area contributed by atoms with Crippen molar-refractivity contribution in [3.05, 3.63) is 58.1 Å². The van der Waals surface area contributed by atoms with Gasteiger partial charge in [-0.2, -0.15) is 0 Å². The smallest absolute Gasteiger partial charge is 0.265 e. The molecule has 116 valence electrons. The number of para-hydroxylation sites is 1. The standard InChI is InChI=1S/C18H20ClNO2/c1-11-6-5-7-12(2)17(11)20-18(21)14(4)22-15-8-9-16(19)13(3)10-15/h5-10,14H,1-4H3,(H,20,21)/t14-/m0/s1. The Morgan fingerprint density at radius 1 is 1.09 bits per heavy atom. The zero-order valence-electron chi connectivity index (χ0n) is 13.2. The van der Waals surface area contributed by atoms with Crippen molar-refractivity contribution < 1.29 is 9.53 Å². The fourth-order valence-corrected chi connectivity index (χ4v) is 2.30. The van der Waals surface area contributed by atoms with Crippen LogP contribution in [0.5, 0.6) is 5.75 Å². The molecule has 0 saturated carbocycles. The third-order valence-electron chi connectivity index (χ3n) is 3.54. The van der Waals surface area contributed by atoms with Crippen LogP contribution in [0.1, 0.15) is 23.6 Å². The quantitative estimate of drug-likeness (QED) is 0.889. The highest BCUT2D eigenvalue weighted by Crippen LogP contribution is 2.23. The molecule has 22 heavy (non-hydrogen) atoms. The first-order chi connectivity index (χ1) is 10.4. The van der Waals surface area contributed by atoms with Crippen LogP contribution in [0.3, 0.4) is 0 Å². The zero-order valence-corrected chi connectivity index (χ0v) is 14.0. The molecule has 0 unspecified atom stereocenters. The minimum Gasteiger partial charge on any atom is -0.481 e. The molecule has 2 aromatic carbocycles. The summed E-state index contributed by atoms with van der Waals surface area (Å²) in [5.41, 5.74) is 3.82. The number of anilines is 1. The van der Waals surface area contributed by atoms with Crippen molar-refractivity contribution in [3.8, 4) is 5.75 Å². The van der Waals surface area contributed by atoms with Crippen LogP contribution in [-0.4, -0.2) is 12.0 Å². The molecule has 0 bridgehead atoms. The molecule has 2 aromatic rings. The minimum atomic E-state index is -0.598. The molecular formula is C18H20ClNO2. The van der Waals surface area contributed by atoms with Crippen molar-refractivity contribution in [1.82, 2.24) is 0 Å². The van der Waals surface area contributed by atoms with Gasteiger partial charge in [0.05, 0.1) is 0 Å². The molecule has 1 N–H and O–H groups in total. The van der Waals surface area contributed by atoms with Crippen LogP contribution in [-0.2, 0) is 4.79 Å². The number of hydrogen-bond acceptors (Lipinski definition) is 2. The summed E-state index contributed by atoms with van der Waals surface area (Å²) in [5, 5.41) is 3.62. The lowest BCUT2D eigenvalue weighted by Gasteiger charge is -2.17.